The highest BCUT2D eigenvalue weighted by Gasteiger charge is 2.30. The Balaban J connectivity index is 1.96. The van der Waals surface area contributed by atoms with Crippen molar-refractivity contribution in [3.63, 3.8) is 0 Å². The third-order valence-corrected chi connectivity index (χ3v) is 5.58. The zero-order chi connectivity index (χ0) is 15.5. The van der Waals surface area contributed by atoms with Crippen molar-refractivity contribution in [2.75, 3.05) is 20.3 Å². The summed E-state index contributed by atoms with van der Waals surface area (Å²) < 4.78 is 4.99. The molecule has 1 unspecified atom stereocenters. The van der Waals surface area contributed by atoms with Crippen molar-refractivity contribution >= 4 is 17.2 Å². The van der Waals surface area contributed by atoms with Crippen LogP contribution in [0.1, 0.15) is 53.7 Å². The van der Waals surface area contributed by atoms with Crippen molar-refractivity contribution in [2.24, 2.45) is 11.3 Å². The SMILES string of the molecule is COCCCNC(=O)c1cc2c(s1)CCC(C(C)(C)C)C2. The number of amides is 1. The molecule has 2 rings (SSSR count). The molecule has 1 aromatic rings. The Kier molecular flexibility index (Phi) is 5.44. The van der Waals surface area contributed by atoms with Gasteiger partial charge in [0.2, 0.25) is 0 Å². The lowest BCUT2D eigenvalue weighted by molar-refractivity contribution is 0.0952. The fraction of sp³-hybridized carbons (Fsp3) is 0.706. The van der Waals surface area contributed by atoms with E-state index < -0.39 is 0 Å². The molecule has 0 bridgehead atoms. The highest BCUT2D eigenvalue weighted by molar-refractivity contribution is 7.14. The van der Waals surface area contributed by atoms with E-state index in [9.17, 15) is 4.79 Å². The van der Waals surface area contributed by atoms with Crippen LogP contribution < -0.4 is 5.32 Å². The number of hydrogen-bond donors (Lipinski definition) is 1. The van der Waals surface area contributed by atoms with Gasteiger partial charge in [-0.1, -0.05) is 20.8 Å². The molecular weight excluding hydrogens is 282 g/mol. The predicted molar refractivity (Wildman–Crippen MR) is 88.1 cm³/mol. The van der Waals surface area contributed by atoms with Crippen LogP contribution >= 0.6 is 11.3 Å². The molecule has 118 valence electrons. The first-order valence-corrected chi connectivity index (χ1v) is 8.62. The molecular formula is C17H27NO2S. The minimum Gasteiger partial charge on any atom is -0.385 e. The normalized spacial score (nSPS) is 18.4. The Morgan fingerprint density at radius 2 is 2.24 bits per heavy atom. The van der Waals surface area contributed by atoms with Gasteiger partial charge >= 0.3 is 0 Å². The van der Waals surface area contributed by atoms with Gasteiger partial charge in [0.05, 0.1) is 4.88 Å². The molecule has 1 aliphatic carbocycles. The fourth-order valence-corrected chi connectivity index (χ4v) is 4.01. The molecule has 0 aromatic carbocycles. The number of fused-ring (bicyclic) bond motifs is 1. The van der Waals surface area contributed by atoms with Gasteiger partial charge in [0.1, 0.15) is 0 Å². The third-order valence-electron chi connectivity index (χ3n) is 4.34. The molecule has 1 atom stereocenters. The molecule has 0 aliphatic heterocycles. The Morgan fingerprint density at radius 1 is 1.48 bits per heavy atom. The van der Waals surface area contributed by atoms with E-state index in [4.69, 9.17) is 4.74 Å². The van der Waals surface area contributed by atoms with Crippen LogP contribution in [-0.2, 0) is 17.6 Å². The highest BCUT2D eigenvalue weighted by Crippen LogP contribution is 2.40. The molecule has 21 heavy (non-hydrogen) atoms. The van der Waals surface area contributed by atoms with Crippen molar-refractivity contribution in [1.82, 2.24) is 5.32 Å². The predicted octanol–water partition coefficient (Wildman–Crippen LogP) is 3.67. The quantitative estimate of drug-likeness (QED) is 0.843. The summed E-state index contributed by atoms with van der Waals surface area (Å²) in [5.74, 6) is 0.787. The number of aryl methyl sites for hydroxylation is 1. The monoisotopic (exact) mass is 309 g/mol. The summed E-state index contributed by atoms with van der Waals surface area (Å²) in [6.45, 7) is 8.32. The minimum atomic E-state index is 0.0674. The van der Waals surface area contributed by atoms with Crippen LogP contribution in [0.25, 0.3) is 0 Å². The number of ether oxygens (including phenoxy) is 1. The molecule has 1 amide bonds. The Labute approximate surface area is 132 Å². The van der Waals surface area contributed by atoms with Crippen molar-refractivity contribution < 1.29 is 9.53 Å². The topological polar surface area (TPSA) is 38.3 Å². The average Bonchev–Trinajstić information content (AvgIpc) is 2.85. The van der Waals surface area contributed by atoms with Gasteiger partial charge in [0, 0.05) is 25.1 Å². The lowest BCUT2D eigenvalue weighted by atomic mass is 9.72. The molecule has 1 N–H and O–H groups in total. The summed E-state index contributed by atoms with van der Waals surface area (Å²) >= 11 is 1.68. The zero-order valence-electron chi connectivity index (χ0n) is 13.6. The summed E-state index contributed by atoms with van der Waals surface area (Å²) in [6.07, 6.45) is 4.34. The summed E-state index contributed by atoms with van der Waals surface area (Å²) in [6, 6.07) is 2.11. The Bertz CT molecular complexity index is 487. The number of nitrogens with one attached hydrogen (secondary N) is 1. The van der Waals surface area contributed by atoms with Gasteiger partial charge in [-0.2, -0.15) is 0 Å². The van der Waals surface area contributed by atoms with Gasteiger partial charge in [-0.3, -0.25) is 4.79 Å². The Morgan fingerprint density at radius 3 is 2.90 bits per heavy atom. The largest absolute Gasteiger partial charge is 0.385 e. The summed E-state index contributed by atoms with van der Waals surface area (Å²) in [5.41, 5.74) is 1.75. The van der Waals surface area contributed by atoms with Crippen LogP contribution in [0.5, 0.6) is 0 Å². The summed E-state index contributed by atoms with van der Waals surface area (Å²) in [7, 11) is 1.68. The second kappa shape index (κ2) is 6.93. The first-order chi connectivity index (χ1) is 9.91. The maximum atomic E-state index is 12.2. The maximum Gasteiger partial charge on any atom is 0.261 e. The first kappa shape index (κ1) is 16.5. The van der Waals surface area contributed by atoms with Crippen molar-refractivity contribution in [3.8, 4) is 0 Å². The maximum absolute atomic E-state index is 12.2. The second-order valence-corrected chi connectivity index (χ2v) is 8.10. The van der Waals surface area contributed by atoms with Crippen LogP contribution in [0, 0.1) is 11.3 Å². The number of hydrogen-bond acceptors (Lipinski definition) is 3. The number of carbonyl (C=O) groups is 1. The van der Waals surface area contributed by atoms with Gasteiger partial charge in [0.15, 0.2) is 0 Å². The van der Waals surface area contributed by atoms with Crippen LogP contribution in [0.3, 0.4) is 0 Å². The van der Waals surface area contributed by atoms with Crippen molar-refractivity contribution in [1.29, 1.82) is 0 Å². The van der Waals surface area contributed by atoms with Crippen LogP contribution in [0.2, 0.25) is 0 Å². The fourth-order valence-electron chi connectivity index (χ4n) is 2.88. The van der Waals surface area contributed by atoms with Gasteiger partial charge < -0.3 is 10.1 Å². The number of carbonyl (C=O) groups excluding carboxylic acids is 1. The molecule has 0 spiro atoms. The van der Waals surface area contributed by atoms with Crippen LogP contribution in [0.4, 0.5) is 0 Å². The molecule has 1 aromatic heterocycles. The van der Waals surface area contributed by atoms with E-state index >= 15 is 0 Å². The van der Waals surface area contributed by atoms with E-state index in [1.165, 1.54) is 16.9 Å². The van der Waals surface area contributed by atoms with Gasteiger partial charge in [-0.05, 0) is 48.6 Å². The smallest absolute Gasteiger partial charge is 0.261 e. The number of methoxy groups -OCH3 is 1. The third kappa shape index (κ3) is 4.30. The van der Waals surface area contributed by atoms with Crippen LogP contribution in [0.15, 0.2) is 6.07 Å². The number of rotatable bonds is 5. The van der Waals surface area contributed by atoms with Crippen LogP contribution in [-0.4, -0.2) is 26.2 Å². The average molecular weight is 309 g/mol. The van der Waals surface area contributed by atoms with E-state index in [1.807, 2.05) is 0 Å². The molecule has 0 saturated heterocycles. The molecule has 0 fully saturated rings. The molecule has 0 radical (unpaired) electrons. The molecule has 0 saturated carbocycles. The highest BCUT2D eigenvalue weighted by atomic mass is 32.1. The molecule has 4 heteroatoms. The lowest BCUT2D eigenvalue weighted by Gasteiger charge is -2.33. The van der Waals surface area contributed by atoms with Gasteiger partial charge in [-0.15, -0.1) is 11.3 Å². The van der Waals surface area contributed by atoms with E-state index in [1.54, 1.807) is 18.4 Å². The van der Waals surface area contributed by atoms with E-state index in [0.29, 0.717) is 18.6 Å². The lowest BCUT2D eigenvalue weighted by Crippen LogP contribution is -2.26. The Hall–Kier alpha value is -0.870. The first-order valence-electron chi connectivity index (χ1n) is 7.80. The molecule has 1 heterocycles. The summed E-state index contributed by atoms with van der Waals surface area (Å²) in [4.78, 5) is 14.4. The summed E-state index contributed by atoms with van der Waals surface area (Å²) in [5, 5.41) is 2.98. The van der Waals surface area contributed by atoms with E-state index in [2.05, 4.69) is 32.2 Å². The molecule has 3 nitrogen and oxygen atoms in total. The van der Waals surface area contributed by atoms with Crippen molar-refractivity contribution in [2.45, 2.75) is 46.5 Å². The minimum absolute atomic E-state index is 0.0674. The standard InChI is InChI=1S/C17H27NO2S/c1-17(2,3)13-6-7-14-12(10-13)11-15(21-14)16(19)18-8-5-9-20-4/h11,13H,5-10H2,1-4H3,(H,18,19). The molecule has 1 aliphatic rings. The van der Waals surface area contributed by atoms with E-state index in [0.717, 1.165) is 30.1 Å². The van der Waals surface area contributed by atoms with E-state index in [-0.39, 0.29) is 5.91 Å². The van der Waals surface area contributed by atoms with Crippen molar-refractivity contribution in [3.05, 3.63) is 21.4 Å². The van der Waals surface area contributed by atoms with Gasteiger partial charge in [-0.25, -0.2) is 0 Å². The second-order valence-electron chi connectivity index (χ2n) is 6.97. The zero-order valence-corrected chi connectivity index (χ0v) is 14.4. The number of thiophene rings is 1. The van der Waals surface area contributed by atoms with Gasteiger partial charge in [0.25, 0.3) is 5.91 Å².